The molecule has 0 radical (unpaired) electrons. The van der Waals surface area contributed by atoms with Gasteiger partial charge in [0.05, 0.1) is 0 Å². The van der Waals surface area contributed by atoms with E-state index >= 15 is 0 Å². The summed E-state index contributed by atoms with van der Waals surface area (Å²) in [7, 11) is 0. The van der Waals surface area contributed by atoms with E-state index < -0.39 is 0 Å². The van der Waals surface area contributed by atoms with Crippen LogP contribution in [0, 0.1) is 5.92 Å². The summed E-state index contributed by atoms with van der Waals surface area (Å²) in [6.07, 6.45) is 13.3. The number of amides is 1. The summed E-state index contributed by atoms with van der Waals surface area (Å²) in [5, 5.41) is 7.14. The molecule has 0 aromatic heterocycles. The Bertz CT molecular complexity index is 318. The summed E-state index contributed by atoms with van der Waals surface area (Å²) < 4.78 is 0. The van der Waals surface area contributed by atoms with E-state index in [2.05, 4.69) is 24.5 Å². The van der Waals surface area contributed by atoms with E-state index in [1.807, 2.05) is 0 Å². The molecule has 1 saturated heterocycles. The van der Waals surface area contributed by atoms with Gasteiger partial charge < -0.3 is 10.6 Å². The standard InChI is InChI=1S/C18H34N2O/c1-3-5-9-15(4-2)17(21)20-16-10-13-19-18(14-16)11-7-6-8-12-18/h15-16,19H,3-14H2,1-2H3,(H,20,21). The number of rotatable bonds is 6. The molecule has 0 aromatic carbocycles. The van der Waals surface area contributed by atoms with E-state index in [4.69, 9.17) is 0 Å². The number of piperidine rings is 1. The van der Waals surface area contributed by atoms with Crippen LogP contribution in [0.15, 0.2) is 0 Å². The van der Waals surface area contributed by atoms with Gasteiger partial charge in [0.1, 0.15) is 0 Å². The summed E-state index contributed by atoms with van der Waals surface area (Å²) in [5.41, 5.74) is 0.333. The number of hydrogen-bond acceptors (Lipinski definition) is 2. The van der Waals surface area contributed by atoms with Crippen LogP contribution >= 0.6 is 0 Å². The van der Waals surface area contributed by atoms with Gasteiger partial charge in [-0.05, 0) is 45.1 Å². The molecule has 1 amide bonds. The van der Waals surface area contributed by atoms with Gasteiger partial charge in [-0.1, -0.05) is 46.0 Å². The molecule has 2 aliphatic rings. The first-order valence-electron chi connectivity index (χ1n) is 9.24. The topological polar surface area (TPSA) is 41.1 Å². The fraction of sp³-hybridized carbons (Fsp3) is 0.944. The van der Waals surface area contributed by atoms with Crippen LogP contribution in [0.4, 0.5) is 0 Å². The van der Waals surface area contributed by atoms with Gasteiger partial charge in [0.15, 0.2) is 0 Å². The first-order chi connectivity index (χ1) is 10.2. The fourth-order valence-corrected chi connectivity index (χ4v) is 4.18. The van der Waals surface area contributed by atoms with Crippen LogP contribution in [0.2, 0.25) is 0 Å². The second kappa shape index (κ2) is 8.17. The smallest absolute Gasteiger partial charge is 0.223 e. The molecule has 1 aliphatic heterocycles. The lowest BCUT2D eigenvalue weighted by atomic mass is 9.75. The highest BCUT2D eigenvalue weighted by atomic mass is 16.1. The van der Waals surface area contributed by atoms with Crippen molar-refractivity contribution < 1.29 is 4.79 Å². The Morgan fingerprint density at radius 3 is 2.71 bits per heavy atom. The summed E-state index contributed by atoms with van der Waals surface area (Å²) in [5.74, 6) is 0.533. The maximum Gasteiger partial charge on any atom is 0.223 e. The molecule has 1 aliphatic carbocycles. The van der Waals surface area contributed by atoms with Crippen molar-refractivity contribution in [1.82, 2.24) is 10.6 Å². The van der Waals surface area contributed by atoms with Crippen molar-refractivity contribution in [2.75, 3.05) is 6.54 Å². The van der Waals surface area contributed by atoms with Crippen molar-refractivity contribution in [2.45, 2.75) is 96.1 Å². The second-order valence-corrected chi connectivity index (χ2v) is 7.21. The first kappa shape index (κ1) is 16.8. The number of carbonyl (C=O) groups excluding carboxylic acids is 1. The molecule has 2 atom stereocenters. The largest absolute Gasteiger partial charge is 0.353 e. The van der Waals surface area contributed by atoms with E-state index in [1.165, 1.54) is 44.9 Å². The zero-order valence-electron chi connectivity index (χ0n) is 14.0. The Labute approximate surface area is 130 Å². The van der Waals surface area contributed by atoms with Crippen LogP contribution < -0.4 is 10.6 Å². The molecular formula is C18H34N2O. The quantitative estimate of drug-likeness (QED) is 0.783. The lowest BCUT2D eigenvalue weighted by Crippen LogP contribution is -2.57. The molecule has 3 nitrogen and oxygen atoms in total. The van der Waals surface area contributed by atoms with Crippen LogP contribution in [-0.2, 0) is 4.79 Å². The lowest BCUT2D eigenvalue weighted by molar-refractivity contribution is -0.126. The molecule has 122 valence electrons. The Hall–Kier alpha value is -0.570. The normalized spacial score (nSPS) is 26.5. The Morgan fingerprint density at radius 1 is 1.29 bits per heavy atom. The van der Waals surface area contributed by atoms with Crippen LogP contribution in [0.3, 0.4) is 0 Å². The van der Waals surface area contributed by atoms with Gasteiger partial charge in [0, 0.05) is 17.5 Å². The molecule has 1 spiro atoms. The second-order valence-electron chi connectivity index (χ2n) is 7.21. The van der Waals surface area contributed by atoms with E-state index in [1.54, 1.807) is 0 Å². The highest BCUT2D eigenvalue weighted by Gasteiger charge is 2.37. The Balaban J connectivity index is 1.85. The van der Waals surface area contributed by atoms with Gasteiger partial charge in [-0.3, -0.25) is 4.79 Å². The van der Waals surface area contributed by atoms with Crippen molar-refractivity contribution in [2.24, 2.45) is 5.92 Å². The maximum absolute atomic E-state index is 12.5. The molecule has 2 N–H and O–H groups in total. The predicted octanol–water partition coefficient (Wildman–Crippen LogP) is 3.77. The number of carbonyl (C=O) groups is 1. The van der Waals surface area contributed by atoms with Crippen molar-refractivity contribution in [3.63, 3.8) is 0 Å². The van der Waals surface area contributed by atoms with Crippen molar-refractivity contribution in [3.8, 4) is 0 Å². The minimum absolute atomic E-state index is 0.224. The molecule has 1 heterocycles. The number of nitrogens with one attached hydrogen (secondary N) is 2. The molecule has 3 heteroatoms. The zero-order chi connectivity index (χ0) is 15.1. The zero-order valence-corrected chi connectivity index (χ0v) is 14.0. The van der Waals surface area contributed by atoms with Crippen LogP contribution in [0.25, 0.3) is 0 Å². The van der Waals surface area contributed by atoms with E-state index in [-0.39, 0.29) is 5.92 Å². The van der Waals surface area contributed by atoms with Gasteiger partial charge in [-0.25, -0.2) is 0 Å². The minimum Gasteiger partial charge on any atom is -0.353 e. The number of unbranched alkanes of at least 4 members (excludes halogenated alkanes) is 1. The molecule has 1 saturated carbocycles. The van der Waals surface area contributed by atoms with E-state index in [0.717, 1.165) is 32.2 Å². The fourth-order valence-electron chi connectivity index (χ4n) is 4.18. The molecule has 21 heavy (non-hydrogen) atoms. The first-order valence-corrected chi connectivity index (χ1v) is 9.24. The third-order valence-electron chi connectivity index (χ3n) is 5.56. The van der Waals surface area contributed by atoms with E-state index in [0.29, 0.717) is 17.5 Å². The van der Waals surface area contributed by atoms with Crippen LogP contribution in [0.1, 0.15) is 84.5 Å². The summed E-state index contributed by atoms with van der Waals surface area (Å²) in [4.78, 5) is 12.5. The van der Waals surface area contributed by atoms with Crippen LogP contribution in [0.5, 0.6) is 0 Å². The maximum atomic E-state index is 12.5. The Kier molecular flexibility index (Phi) is 6.53. The van der Waals surface area contributed by atoms with Gasteiger partial charge >= 0.3 is 0 Å². The summed E-state index contributed by atoms with van der Waals surface area (Å²) in [6, 6.07) is 0.396. The van der Waals surface area contributed by atoms with E-state index in [9.17, 15) is 4.79 Å². The highest BCUT2D eigenvalue weighted by molar-refractivity contribution is 5.78. The summed E-state index contributed by atoms with van der Waals surface area (Å²) >= 11 is 0. The Morgan fingerprint density at radius 2 is 2.05 bits per heavy atom. The third-order valence-corrected chi connectivity index (χ3v) is 5.56. The number of hydrogen-bond donors (Lipinski definition) is 2. The molecule has 0 bridgehead atoms. The van der Waals surface area contributed by atoms with Gasteiger partial charge in [0.2, 0.25) is 5.91 Å². The van der Waals surface area contributed by atoms with Gasteiger partial charge in [0.25, 0.3) is 0 Å². The summed E-state index contributed by atoms with van der Waals surface area (Å²) in [6.45, 7) is 5.41. The van der Waals surface area contributed by atoms with Crippen molar-refractivity contribution in [3.05, 3.63) is 0 Å². The SMILES string of the molecule is CCCCC(CC)C(=O)NC1CCNC2(CCCCC2)C1. The molecule has 2 unspecified atom stereocenters. The average molecular weight is 294 g/mol. The van der Waals surface area contributed by atoms with Crippen LogP contribution in [-0.4, -0.2) is 24.0 Å². The lowest BCUT2D eigenvalue weighted by Gasteiger charge is -2.45. The van der Waals surface area contributed by atoms with Crippen molar-refractivity contribution >= 4 is 5.91 Å². The average Bonchev–Trinajstić information content (AvgIpc) is 2.49. The predicted molar refractivity (Wildman–Crippen MR) is 88.3 cm³/mol. The monoisotopic (exact) mass is 294 g/mol. The third kappa shape index (κ3) is 4.70. The molecular weight excluding hydrogens is 260 g/mol. The molecule has 2 fully saturated rings. The molecule has 0 aromatic rings. The highest BCUT2D eigenvalue weighted by Crippen LogP contribution is 2.34. The minimum atomic E-state index is 0.224. The van der Waals surface area contributed by atoms with Gasteiger partial charge in [-0.15, -0.1) is 0 Å². The van der Waals surface area contributed by atoms with Crippen molar-refractivity contribution in [1.29, 1.82) is 0 Å². The molecule has 2 rings (SSSR count). The van der Waals surface area contributed by atoms with Gasteiger partial charge in [-0.2, -0.15) is 0 Å².